The normalized spacial score (nSPS) is 17.6. The minimum Gasteiger partial charge on any atom is -0.465 e. The molecule has 0 amide bonds. The second kappa shape index (κ2) is 9.64. The molecule has 0 radical (unpaired) electrons. The zero-order valence-electron chi connectivity index (χ0n) is 13.7. The molecule has 0 aliphatic heterocycles. The van der Waals surface area contributed by atoms with Crippen LogP contribution in [-0.2, 0) is 9.53 Å². The fourth-order valence-corrected chi connectivity index (χ4v) is 3.36. The predicted molar refractivity (Wildman–Crippen MR) is 86.1 cm³/mol. The van der Waals surface area contributed by atoms with Crippen LogP contribution in [-0.4, -0.2) is 46.9 Å². The summed E-state index contributed by atoms with van der Waals surface area (Å²) in [6.45, 7) is 12.6. The summed E-state index contributed by atoms with van der Waals surface area (Å²) in [5.41, 5.74) is -0.654. The fraction of sp³-hybridized carbons (Fsp3) is 0.933. The molecule has 0 aromatic rings. The highest BCUT2D eigenvalue weighted by Gasteiger charge is 2.36. The molecule has 0 rings (SSSR count). The highest BCUT2D eigenvalue weighted by atomic mass is 32.2. The van der Waals surface area contributed by atoms with E-state index >= 15 is 0 Å². The first kappa shape index (κ1) is 19.7. The van der Waals surface area contributed by atoms with Crippen LogP contribution in [0.2, 0.25) is 0 Å². The van der Waals surface area contributed by atoms with Crippen LogP contribution < -0.4 is 5.32 Å². The number of carbonyl (C=O) groups is 1. The van der Waals surface area contributed by atoms with E-state index in [-0.39, 0.29) is 24.5 Å². The smallest absolute Gasteiger partial charge is 0.326 e. The molecule has 0 aromatic carbocycles. The first-order chi connectivity index (χ1) is 9.25. The Kier molecular flexibility index (Phi) is 9.51. The van der Waals surface area contributed by atoms with Gasteiger partial charge in [0.2, 0.25) is 0 Å². The molecule has 0 saturated carbocycles. The molecule has 0 aliphatic rings. The van der Waals surface area contributed by atoms with Gasteiger partial charge >= 0.3 is 5.97 Å². The van der Waals surface area contributed by atoms with Gasteiger partial charge in [-0.15, -0.1) is 0 Å². The van der Waals surface area contributed by atoms with Gasteiger partial charge in [0.15, 0.2) is 0 Å². The molecule has 120 valence electrons. The minimum absolute atomic E-state index is 0.184. The number of hydrogen-bond donors (Lipinski definition) is 2. The third-order valence-electron chi connectivity index (χ3n) is 3.01. The molecule has 0 aromatic heterocycles. The summed E-state index contributed by atoms with van der Waals surface area (Å²) in [5.74, 6) is 1.00. The van der Waals surface area contributed by atoms with Crippen molar-refractivity contribution in [3.05, 3.63) is 0 Å². The number of aliphatic hydroxyl groups is 1. The maximum atomic E-state index is 12.2. The number of esters is 1. The van der Waals surface area contributed by atoms with Crippen molar-refractivity contribution < 1.29 is 14.6 Å². The Hall–Kier alpha value is -0.260. The van der Waals surface area contributed by atoms with Crippen molar-refractivity contribution in [1.82, 2.24) is 5.32 Å². The molecule has 0 bridgehead atoms. The van der Waals surface area contributed by atoms with Crippen molar-refractivity contribution >= 4 is 17.7 Å². The van der Waals surface area contributed by atoms with Gasteiger partial charge in [0, 0.05) is 17.9 Å². The molecule has 2 N–H and O–H groups in total. The van der Waals surface area contributed by atoms with Crippen molar-refractivity contribution in [2.75, 3.05) is 19.0 Å². The van der Waals surface area contributed by atoms with Crippen LogP contribution in [0.1, 0.15) is 48.0 Å². The molecule has 20 heavy (non-hydrogen) atoms. The van der Waals surface area contributed by atoms with E-state index in [1.54, 1.807) is 11.8 Å². The lowest BCUT2D eigenvalue weighted by atomic mass is 9.95. The molecule has 5 heteroatoms. The Morgan fingerprint density at radius 3 is 2.40 bits per heavy atom. The largest absolute Gasteiger partial charge is 0.465 e. The summed E-state index contributed by atoms with van der Waals surface area (Å²) in [6.07, 6.45) is 0.715. The summed E-state index contributed by atoms with van der Waals surface area (Å²) in [5, 5.41) is 12.7. The average Bonchev–Trinajstić information content (AvgIpc) is 2.35. The zero-order valence-corrected chi connectivity index (χ0v) is 14.5. The number of aliphatic hydroxyl groups excluding tert-OH is 1. The first-order valence-corrected chi connectivity index (χ1v) is 8.47. The Balaban J connectivity index is 4.59. The standard InChI is InChI=1S/C15H31NO3S/c1-7-19-14(18)15(6,16-11(2)3)8-13(5)20-10-12(4)9-17/h11-13,16-17H,7-10H2,1-6H3. The van der Waals surface area contributed by atoms with Gasteiger partial charge in [-0.25, -0.2) is 0 Å². The van der Waals surface area contributed by atoms with Gasteiger partial charge in [0.05, 0.1) is 6.61 Å². The summed E-state index contributed by atoms with van der Waals surface area (Å²) < 4.78 is 5.20. The molecule has 4 nitrogen and oxygen atoms in total. The van der Waals surface area contributed by atoms with Crippen LogP contribution in [0.5, 0.6) is 0 Å². The third kappa shape index (κ3) is 7.50. The van der Waals surface area contributed by atoms with Crippen molar-refractivity contribution in [2.24, 2.45) is 5.92 Å². The Morgan fingerprint density at radius 2 is 1.95 bits per heavy atom. The number of nitrogens with one attached hydrogen (secondary N) is 1. The SMILES string of the molecule is CCOC(=O)C(C)(CC(C)SCC(C)CO)NC(C)C. The van der Waals surface area contributed by atoms with Gasteiger partial charge in [0.1, 0.15) is 5.54 Å². The van der Waals surface area contributed by atoms with Crippen molar-refractivity contribution in [2.45, 2.75) is 64.8 Å². The van der Waals surface area contributed by atoms with E-state index in [0.717, 1.165) is 5.75 Å². The van der Waals surface area contributed by atoms with E-state index in [4.69, 9.17) is 9.84 Å². The van der Waals surface area contributed by atoms with Gasteiger partial charge in [-0.3, -0.25) is 10.1 Å². The van der Waals surface area contributed by atoms with Gasteiger partial charge in [-0.2, -0.15) is 11.8 Å². The Labute approximate surface area is 128 Å². The molecule has 3 atom stereocenters. The summed E-state index contributed by atoms with van der Waals surface area (Å²) in [6, 6.07) is 0.220. The number of hydrogen-bond acceptors (Lipinski definition) is 5. The van der Waals surface area contributed by atoms with E-state index in [1.165, 1.54) is 0 Å². The molecule has 0 saturated heterocycles. The van der Waals surface area contributed by atoms with Crippen LogP contribution in [0, 0.1) is 5.92 Å². The topological polar surface area (TPSA) is 58.6 Å². The van der Waals surface area contributed by atoms with Crippen molar-refractivity contribution in [1.29, 1.82) is 0 Å². The second-order valence-electron chi connectivity index (χ2n) is 5.99. The number of ether oxygens (including phenoxy) is 1. The lowest BCUT2D eigenvalue weighted by Gasteiger charge is -2.33. The zero-order chi connectivity index (χ0) is 15.8. The number of carbonyl (C=O) groups excluding carboxylic acids is 1. The van der Waals surface area contributed by atoms with Crippen molar-refractivity contribution in [3.8, 4) is 0 Å². The van der Waals surface area contributed by atoms with Crippen LogP contribution in [0.3, 0.4) is 0 Å². The maximum absolute atomic E-state index is 12.2. The van der Waals surface area contributed by atoms with E-state index in [0.29, 0.717) is 18.3 Å². The summed E-state index contributed by atoms with van der Waals surface area (Å²) >= 11 is 1.79. The van der Waals surface area contributed by atoms with Gasteiger partial charge in [-0.05, 0) is 45.8 Å². The quantitative estimate of drug-likeness (QED) is 0.607. The molecule has 0 fully saturated rings. The van der Waals surface area contributed by atoms with Gasteiger partial charge in [0.25, 0.3) is 0 Å². The van der Waals surface area contributed by atoms with Crippen molar-refractivity contribution in [3.63, 3.8) is 0 Å². The molecule has 0 heterocycles. The predicted octanol–water partition coefficient (Wildman–Crippen LogP) is 2.45. The monoisotopic (exact) mass is 305 g/mol. The molecule has 3 unspecified atom stereocenters. The highest BCUT2D eigenvalue weighted by molar-refractivity contribution is 7.99. The summed E-state index contributed by atoms with van der Waals surface area (Å²) in [4.78, 5) is 12.2. The van der Waals surface area contributed by atoms with E-state index in [2.05, 4.69) is 12.2 Å². The molecular formula is C15H31NO3S. The average molecular weight is 305 g/mol. The van der Waals surface area contributed by atoms with Crippen LogP contribution in [0.15, 0.2) is 0 Å². The van der Waals surface area contributed by atoms with Crippen LogP contribution >= 0.6 is 11.8 Å². The van der Waals surface area contributed by atoms with Crippen LogP contribution in [0.25, 0.3) is 0 Å². The number of rotatable bonds is 10. The van der Waals surface area contributed by atoms with E-state index in [1.807, 2.05) is 34.6 Å². The van der Waals surface area contributed by atoms with Gasteiger partial charge in [-0.1, -0.05) is 13.8 Å². The Morgan fingerprint density at radius 1 is 1.35 bits per heavy atom. The number of thioether (sulfide) groups is 1. The molecule has 0 spiro atoms. The summed E-state index contributed by atoms with van der Waals surface area (Å²) in [7, 11) is 0. The second-order valence-corrected chi connectivity index (χ2v) is 7.46. The van der Waals surface area contributed by atoms with Crippen LogP contribution in [0.4, 0.5) is 0 Å². The Bertz CT molecular complexity index is 286. The van der Waals surface area contributed by atoms with E-state index in [9.17, 15) is 4.79 Å². The lowest BCUT2D eigenvalue weighted by molar-refractivity contribution is -0.151. The molecular weight excluding hydrogens is 274 g/mol. The molecule has 0 aliphatic carbocycles. The third-order valence-corrected chi connectivity index (χ3v) is 4.50. The minimum atomic E-state index is -0.654. The highest BCUT2D eigenvalue weighted by Crippen LogP contribution is 2.25. The van der Waals surface area contributed by atoms with E-state index < -0.39 is 5.54 Å². The maximum Gasteiger partial charge on any atom is 0.326 e. The first-order valence-electron chi connectivity index (χ1n) is 7.42. The lowest BCUT2D eigenvalue weighted by Crippen LogP contribution is -2.54. The fourth-order valence-electron chi connectivity index (χ4n) is 2.14. The van der Waals surface area contributed by atoms with Gasteiger partial charge < -0.3 is 9.84 Å².